The second-order valence-electron chi connectivity index (χ2n) is 7.78. The van der Waals surface area contributed by atoms with Crippen molar-refractivity contribution in [3.8, 4) is 6.01 Å². The number of hydrogen-bond donors (Lipinski definition) is 0. The van der Waals surface area contributed by atoms with E-state index in [4.69, 9.17) is 4.74 Å². The highest BCUT2D eigenvalue weighted by molar-refractivity contribution is 5.85. The molecule has 0 spiro atoms. The number of ether oxygens (including phenoxy) is 1. The molecule has 2 fully saturated rings. The highest BCUT2D eigenvalue weighted by Crippen LogP contribution is 2.48. The Balaban J connectivity index is 0.00000210. The maximum Gasteiger partial charge on any atom is 0.316 e. The van der Waals surface area contributed by atoms with Crippen LogP contribution < -0.4 is 4.74 Å². The van der Waals surface area contributed by atoms with E-state index in [0.29, 0.717) is 11.4 Å². The van der Waals surface area contributed by atoms with Gasteiger partial charge in [0, 0.05) is 62.6 Å². The van der Waals surface area contributed by atoms with Gasteiger partial charge in [0.2, 0.25) is 0 Å². The maximum atomic E-state index is 5.03. The summed E-state index contributed by atoms with van der Waals surface area (Å²) in [6, 6.07) is 9.61. The van der Waals surface area contributed by atoms with E-state index >= 15 is 0 Å². The quantitative estimate of drug-likeness (QED) is 0.760. The van der Waals surface area contributed by atoms with Gasteiger partial charge in [-0.2, -0.15) is 0 Å². The van der Waals surface area contributed by atoms with Crippen molar-refractivity contribution in [2.75, 3.05) is 39.8 Å². The lowest BCUT2D eigenvalue weighted by Crippen LogP contribution is -2.48. The van der Waals surface area contributed by atoms with Crippen LogP contribution in [0.1, 0.15) is 29.5 Å². The Morgan fingerprint density at radius 1 is 0.963 bits per heavy atom. The fraction of sp³-hybridized carbons (Fsp3) is 0.524. The van der Waals surface area contributed by atoms with E-state index in [1.165, 1.54) is 30.5 Å². The number of aromatic nitrogens is 2. The fourth-order valence-corrected chi connectivity index (χ4v) is 3.92. The summed E-state index contributed by atoms with van der Waals surface area (Å²) in [6.45, 7) is 8.79. The van der Waals surface area contributed by atoms with E-state index in [-0.39, 0.29) is 12.4 Å². The average molecular weight is 389 g/mol. The normalized spacial score (nSPS) is 19.3. The van der Waals surface area contributed by atoms with Gasteiger partial charge in [-0.1, -0.05) is 29.8 Å². The Bertz CT molecular complexity index is 723. The third-order valence-corrected chi connectivity index (χ3v) is 5.78. The molecule has 1 saturated carbocycles. The molecule has 0 radical (unpaired) electrons. The second-order valence-corrected chi connectivity index (χ2v) is 7.78. The van der Waals surface area contributed by atoms with Crippen LogP contribution in [0.4, 0.5) is 0 Å². The van der Waals surface area contributed by atoms with Crippen LogP contribution in [0.15, 0.2) is 36.7 Å². The third-order valence-electron chi connectivity index (χ3n) is 5.78. The molecule has 1 aliphatic carbocycles. The molecule has 0 unspecified atom stereocenters. The molecule has 2 aromatic rings. The van der Waals surface area contributed by atoms with Crippen molar-refractivity contribution in [3.05, 3.63) is 53.3 Å². The number of aryl methyl sites for hydroxylation is 1. The van der Waals surface area contributed by atoms with Crippen molar-refractivity contribution in [2.45, 2.75) is 31.7 Å². The first-order valence-electron chi connectivity index (χ1n) is 9.54. The largest absolute Gasteiger partial charge is 0.467 e. The molecule has 0 bridgehead atoms. The van der Waals surface area contributed by atoms with Gasteiger partial charge in [0.15, 0.2) is 0 Å². The lowest BCUT2D eigenvalue weighted by atomic mass is 9.94. The molecule has 1 aromatic heterocycles. The van der Waals surface area contributed by atoms with Gasteiger partial charge >= 0.3 is 6.01 Å². The summed E-state index contributed by atoms with van der Waals surface area (Å²) in [6.07, 6.45) is 6.41. The van der Waals surface area contributed by atoms with Crippen molar-refractivity contribution < 1.29 is 4.74 Å². The van der Waals surface area contributed by atoms with E-state index in [1.807, 2.05) is 12.4 Å². The molecule has 1 aliphatic heterocycles. The van der Waals surface area contributed by atoms with Crippen LogP contribution >= 0.6 is 12.4 Å². The van der Waals surface area contributed by atoms with Crippen LogP contribution in [0.5, 0.6) is 6.01 Å². The predicted octanol–water partition coefficient (Wildman–Crippen LogP) is 3.06. The first-order valence-corrected chi connectivity index (χ1v) is 9.54. The summed E-state index contributed by atoms with van der Waals surface area (Å²) >= 11 is 0. The monoisotopic (exact) mass is 388 g/mol. The van der Waals surface area contributed by atoms with Crippen LogP contribution in [-0.4, -0.2) is 59.6 Å². The molecule has 0 N–H and O–H groups in total. The number of methoxy groups -OCH3 is 1. The second kappa shape index (κ2) is 8.55. The topological polar surface area (TPSA) is 41.5 Å². The molecular weight excluding hydrogens is 360 g/mol. The molecule has 5 nitrogen and oxygen atoms in total. The molecule has 0 amide bonds. The summed E-state index contributed by atoms with van der Waals surface area (Å²) in [5, 5.41) is 0. The van der Waals surface area contributed by atoms with E-state index < -0.39 is 0 Å². The maximum absolute atomic E-state index is 5.03. The van der Waals surface area contributed by atoms with Crippen LogP contribution in [0.25, 0.3) is 0 Å². The number of rotatable bonds is 6. The standard InChI is InChI=1S/C21H28N4O.ClH/c1-17-3-5-19(6-4-17)21(7-8-21)16-25-11-9-24(10-12-25)15-18-13-22-20(26-2)23-14-18;/h3-6,13-14H,7-12,15-16H2,1-2H3;1H. The molecule has 2 aliphatic rings. The smallest absolute Gasteiger partial charge is 0.316 e. The van der Waals surface area contributed by atoms with Crippen LogP contribution in [-0.2, 0) is 12.0 Å². The molecule has 4 rings (SSSR count). The van der Waals surface area contributed by atoms with E-state index in [0.717, 1.165) is 38.3 Å². The lowest BCUT2D eigenvalue weighted by Gasteiger charge is -2.36. The summed E-state index contributed by atoms with van der Waals surface area (Å²) in [5.74, 6) is 0. The number of nitrogens with zero attached hydrogens (tertiary/aromatic N) is 4. The highest BCUT2D eigenvalue weighted by atomic mass is 35.5. The zero-order chi connectivity index (χ0) is 18.0. The lowest BCUT2D eigenvalue weighted by molar-refractivity contribution is 0.118. The van der Waals surface area contributed by atoms with Crippen molar-refractivity contribution in [2.24, 2.45) is 0 Å². The SMILES string of the molecule is COc1ncc(CN2CCN(CC3(c4ccc(C)cc4)CC3)CC2)cn1.Cl. The van der Waals surface area contributed by atoms with Crippen LogP contribution in [0.2, 0.25) is 0 Å². The third kappa shape index (κ3) is 4.78. The fourth-order valence-electron chi connectivity index (χ4n) is 3.92. The van der Waals surface area contributed by atoms with Gasteiger partial charge in [0.1, 0.15) is 0 Å². The first-order chi connectivity index (χ1) is 12.7. The van der Waals surface area contributed by atoms with Crippen molar-refractivity contribution in [1.29, 1.82) is 0 Å². The Morgan fingerprint density at radius 2 is 1.56 bits per heavy atom. The van der Waals surface area contributed by atoms with E-state index in [9.17, 15) is 0 Å². The molecule has 1 saturated heterocycles. The summed E-state index contributed by atoms with van der Waals surface area (Å²) in [4.78, 5) is 13.5. The minimum Gasteiger partial charge on any atom is -0.467 e. The average Bonchev–Trinajstić information content (AvgIpc) is 3.45. The van der Waals surface area contributed by atoms with Crippen LogP contribution in [0.3, 0.4) is 0 Å². The molecule has 2 heterocycles. The first kappa shape index (κ1) is 20.1. The molecule has 27 heavy (non-hydrogen) atoms. The van der Waals surface area contributed by atoms with Crippen molar-refractivity contribution in [3.63, 3.8) is 0 Å². The minimum absolute atomic E-state index is 0. The number of piperazine rings is 1. The Kier molecular flexibility index (Phi) is 6.35. The Labute approximate surface area is 168 Å². The van der Waals surface area contributed by atoms with Gasteiger partial charge < -0.3 is 4.74 Å². The van der Waals surface area contributed by atoms with Gasteiger partial charge in [-0.3, -0.25) is 9.80 Å². The Hall–Kier alpha value is -1.69. The molecular formula is C21H29ClN4O. The zero-order valence-corrected chi connectivity index (χ0v) is 17.0. The molecule has 1 aromatic carbocycles. The highest BCUT2D eigenvalue weighted by Gasteiger charge is 2.45. The van der Waals surface area contributed by atoms with Gasteiger partial charge in [-0.25, -0.2) is 9.97 Å². The van der Waals surface area contributed by atoms with E-state index in [2.05, 4.69) is 51.0 Å². The molecule has 146 valence electrons. The number of benzene rings is 1. The number of hydrogen-bond acceptors (Lipinski definition) is 5. The summed E-state index contributed by atoms with van der Waals surface area (Å²) in [7, 11) is 1.59. The van der Waals surface area contributed by atoms with E-state index in [1.54, 1.807) is 7.11 Å². The number of halogens is 1. The van der Waals surface area contributed by atoms with Crippen molar-refractivity contribution in [1.82, 2.24) is 19.8 Å². The predicted molar refractivity (Wildman–Crippen MR) is 110 cm³/mol. The summed E-state index contributed by atoms with van der Waals surface area (Å²) in [5.41, 5.74) is 4.44. The zero-order valence-electron chi connectivity index (χ0n) is 16.2. The minimum atomic E-state index is 0. The van der Waals surface area contributed by atoms with Gasteiger partial charge in [-0.05, 0) is 25.3 Å². The van der Waals surface area contributed by atoms with Gasteiger partial charge in [-0.15, -0.1) is 12.4 Å². The van der Waals surface area contributed by atoms with Crippen LogP contribution in [0, 0.1) is 6.92 Å². The summed E-state index contributed by atoms with van der Waals surface area (Å²) < 4.78 is 5.03. The van der Waals surface area contributed by atoms with Crippen molar-refractivity contribution >= 4 is 12.4 Å². The van der Waals surface area contributed by atoms with Gasteiger partial charge in [0.25, 0.3) is 0 Å². The molecule has 0 atom stereocenters. The van der Waals surface area contributed by atoms with Gasteiger partial charge in [0.05, 0.1) is 7.11 Å². The molecule has 6 heteroatoms. The Morgan fingerprint density at radius 3 is 2.11 bits per heavy atom.